The molecule has 1 amide bonds. The molecule has 1 N–H and O–H groups in total. The zero-order valence-corrected chi connectivity index (χ0v) is 13.8. The molecule has 0 atom stereocenters. The van der Waals surface area contributed by atoms with E-state index in [9.17, 15) is 9.59 Å². The zero-order chi connectivity index (χ0) is 16.7. The highest BCUT2D eigenvalue weighted by molar-refractivity contribution is 7.13. The van der Waals surface area contributed by atoms with Crippen LogP contribution in [-0.4, -0.2) is 30.6 Å². The number of hydrogen-bond donors (Lipinski definition) is 1. The van der Waals surface area contributed by atoms with Gasteiger partial charge in [-0.3, -0.25) is 9.59 Å². The van der Waals surface area contributed by atoms with Gasteiger partial charge in [0.2, 0.25) is 5.91 Å². The summed E-state index contributed by atoms with van der Waals surface area (Å²) in [5.41, 5.74) is 1.39. The van der Waals surface area contributed by atoms with Crippen LogP contribution < -0.4 is 10.1 Å². The van der Waals surface area contributed by atoms with Gasteiger partial charge in [-0.05, 0) is 13.0 Å². The first-order valence-electron chi connectivity index (χ1n) is 7.14. The second-order valence-electron chi connectivity index (χ2n) is 4.66. The summed E-state index contributed by atoms with van der Waals surface area (Å²) in [6, 6.07) is 7.35. The fraction of sp³-hybridized carbons (Fsp3) is 0.312. The van der Waals surface area contributed by atoms with Crippen LogP contribution in [0.25, 0.3) is 0 Å². The number of hydrogen-bond acceptors (Lipinski definition) is 6. The monoisotopic (exact) mass is 334 g/mol. The van der Waals surface area contributed by atoms with E-state index in [1.807, 2.05) is 24.3 Å². The molecule has 7 heteroatoms. The Kier molecular flexibility index (Phi) is 6.10. The molecule has 0 aliphatic heterocycles. The van der Waals surface area contributed by atoms with Crippen molar-refractivity contribution < 1.29 is 19.1 Å². The van der Waals surface area contributed by atoms with E-state index in [0.29, 0.717) is 23.2 Å². The summed E-state index contributed by atoms with van der Waals surface area (Å²) in [6.45, 7) is 2.09. The lowest BCUT2D eigenvalue weighted by Gasteiger charge is -2.07. The van der Waals surface area contributed by atoms with Crippen LogP contribution in [0.3, 0.4) is 0 Å². The maximum absolute atomic E-state index is 12.1. The first kappa shape index (κ1) is 17.0. The molecule has 1 heterocycles. The van der Waals surface area contributed by atoms with Gasteiger partial charge in [0.15, 0.2) is 5.13 Å². The second kappa shape index (κ2) is 8.28. The highest BCUT2D eigenvalue weighted by Gasteiger charge is 2.12. The number of aromatic nitrogens is 1. The molecule has 6 nitrogen and oxygen atoms in total. The predicted octanol–water partition coefficient (Wildman–Crippen LogP) is 2.44. The maximum Gasteiger partial charge on any atom is 0.311 e. The van der Waals surface area contributed by atoms with Gasteiger partial charge < -0.3 is 14.8 Å². The lowest BCUT2D eigenvalue weighted by Crippen LogP contribution is -2.15. The molecular weight excluding hydrogens is 316 g/mol. The molecule has 0 fully saturated rings. The number of carbonyl (C=O) groups excluding carboxylic acids is 2. The molecule has 0 saturated heterocycles. The van der Waals surface area contributed by atoms with Crippen molar-refractivity contribution in [1.29, 1.82) is 0 Å². The summed E-state index contributed by atoms with van der Waals surface area (Å²) in [4.78, 5) is 27.7. The van der Waals surface area contributed by atoms with E-state index < -0.39 is 0 Å². The fourth-order valence-corrected chi connectivity index (χ4v) is 2.72. The van der Waals surface area contributed by atoms with Crippen molar-refractivity contribution in [2.75, 3.05) is 19.0 Å². The van der Waals surface area contributed by atoms with E-state index in [2.05, 4.69) is 10.3 Å². The maximum atomic E-state index is 12.1. The van der Waals surface area contributed by atoms with Crippen LogP contribution in [0, 0.1) is 0 Å². The minimum atomic E-state index is -0.329. The Bertz CT molecular complexity index is 684. The topological polar surface area (TPSA) is 77.5 Å². The van der Waals surface area contributed by atoms with Crippen molar-refractivity contribution in [2.24, 2.45) is 0 Å². The van der Waals surface area contributed by atoms with Crippen molar-refractivity contribution in [3.63, 3.8) is 0 Å². The van der Waals surface area contributed by atoms with Gasteiger partial charge in [-0.15, -0.1) is 11.3 Å². The van der Waals surface area contributed by atoms with Gasteiger partial charge in [-0.25, -0.2) is 4.98 Å². The number of carbonyl (C=O) groups is 2. The van der Waals surface area contributed by atoms with Crippen molar-refractivity contribution in [3.05, 3.63) is 40.9 Å². The van der Waals surface area contributed by atoms with Crippen LogP contribution >= 0.6 is 11.3 Å². The van der Waals surface area contributed by atoms with Crippen LogP contribution in [0.2, 0.25) is 0 Å². The third-order valence-corrected chi connectivity index (χ3v) is 3.78. The summed E-state index contributed by atoms with van der Waals surface area (Å²) >= 11 is 1.28. The molecule has 0 aliphatic rings. The summed E-state index contributed by atoms with van der Waals surface area (Å²) in [7, 11) is 1.57. The van der Waals surface area contributed by atoms with Crippen molar-refractivity contribution in [2.45, 2.75) is 19.8 Å². The van der Waals surface area contributed by atoms with E-state index in [-0.39, 0.29) is 24.7 Å². The van der Waals surface area contributed by atoms with Gasteiger partial charge in [0.1, 0.15) is 5.75 Å². The first-order chi connectivity index (χ1) is 11.1. The molecule has 0 saturated carbocycles. The summed E-state index contributed by atoms with van der Waals surface area (Å²) in [5, 5.41) is 4.92. The second-order valence-corrected chi connectivity index (χ2v) is 5.52. The summed E-state index contributed by atoms with van der Waals surface area (Å²) in [6.07, 6.45) is 0.295. The average Bonchev–Trinajstić information content (AvgIpc) is 2.94. The Morgan fingerprint density at radius 2 is 2.04 bits per heavy atom. The minimum Gasteiger partial charge on any atom is -0.496 e. The van der Waals surface area contributed by atoms with E-state index >= 15 is 0 Å². The van der Waals surface area contributed by atoms with Gasteiger partial charge in [-0.1, -0.05) is 18.2 Å². The van der Waals surface area contributed by atoms with Crippen molar-refractivity contribution >= 4 is 28.3 Å². The highest BCUT2D eigenvalue weighted by atomic mass is 32.1. The number of anilines is 1. The van der Waals surface area contributed by atoms with E-state index in [0.717, 1.165) is 5.56 Å². The molecular formula is C16H18N2O4S. The van der Waals surface area contributed by atoms with Gasteiger partial charge >= 0.3 is 5.97 Å². The number of methoxy groups -OCH3 is 1. The van der Waals surface area contributed by atoms with Crippen LogP contribution in [-0.2, 0) is 27.2 Å². The van der Waals surface area contributed by atoms with Crippen LogP contribution in [0.15, 0.2) is 29.6 Å². The quantitative estimate of drug-likeness (QED) is 0.787. The number of rotatable bonds is 7. The number of ether oxygens (including phenoxy) is 2. The Labute approximate surface area is 138 Å². The number of benzene rings is 1. The number of para-hydroxylation sites is 1. The Morgan fingerprint density at radius 3 is 2.78 bits per heavy atom. The lowest BCUT2D eigenvalue weighted by atomic mass is 10.1. The highest BCUT2D eigenvalue weighted by Crippen LogP contribution is 2.20. The number of nitrogens with one attached hydrogen (secondary N) is 1. The molecule has 2 rings (SSSR count). The molecule has 0 radical (unpaired) electrons. The summed E-state index contributed by atoms with van der Waals surface area (Å²) < 4.78 is 10.1. The molecule has 122 valence electrons. The third kappa shape index (κ3) is 5.07. The number of nitrogens with zero attached hydrogens (tertiary/aromatic N) is 1. The molecule has 1 aromatic heterocycles. The third-order valence-electron chi connectivity index (χ3n) is 2.97. The molecule has 0 spiro atoms. The Morgan fingerprint density at radius 1 is 1.26 bits per heavy atom. The molecule has 1 aromatic carbocycles. The van der Waals surface area contributed by atoms with E-state index in [1.165, 1.54) is 11.3 Å². The molecule has 2 aromatic rings. The van der Waals surface area contributed by atoms with Crippen LogP contribution in [0.5, 0.6) is 5.75 Å². The first-order valence-corrected chi connectivity index (χ1v) is 8.02. The Balaban J connectivity index is 1.93. The largest absolute Gasteiger partial charge is 0.496 e. The van der Waals surface area contributed by atoms with E-state index in [1.54, 1.807) is 19.4 Å². The van der Waals surface area contributed by atoms with Crippen LogP contribution in [0.4, 0.5) is 5.13 Å². The zero-order valence-electron chi connectivity index (χ0n) is 13.0. The van der Waals surface area contributed by atoms with Crippen LogP contribution in [0.1, 0.15) is 18.2 Å². The smallest absolute Gasteiger partial charge is 0.311 e. The van der Waals surface area contributed by atoms with E-state index in [4.69, 9.17) is 9.47 Å². The predicted molar refractivity (Wildman–Crippen MR) is 87.8 cm³/mol. The lowest BCUT2D eigenvalue weighted by molar-refractivity contribution is -0.142. The van der Waals surface area contributed by atoms with Gasteiger partial charge in [0.05, 0.1) is 32.3 Å². The summed E-state index contributed by atoms with van der Waals surface area (Å²) in [5.74, 6) is 0.154. The number of thiazole rings is 1. The number of esters is 1. The molecule has 0 aliphatic carbocycles. The van der Waals surface area contributed by atoms with Gasteiger partial charge in [0, 0.05) is 10.9 Å². The van der Waals surface area contributed by atoms with Crippen molar-refractivity contribution in [3.8, 4) is 5.75 Å². The normalized spacial score (nSPS) is 10.2. The van der Waals surface area contributed by atoms with Crippen molar-refractivity contribution in [1.82, 2.24) is 4.98 Å². The molecule has 0 bridgehead atoms. The number of amides is 1. The van der Waals surface area contributed by atoms with Gasteiger partial charge in [0.25, 0.3) is 0 Å². The Hall–Kier alpha value is -2.41. The molecule has 0 unspecified atom stereocenters. The van der Waals surface area contributed by atoms with Gasteiger partial charge in [-0.2, -0.15) is 0 Å². The fourth-order valence-electron chi connectivity index (χ4n) is 1.99. The molecule has 23 heavy (non-hydrogen) atoms. The minimum absolute atomic E-state index is 0.104. The average molecular weight is 334 g/mol. The standard InChI is InChI=1S/C16H18N2O4S/c1-3-22-15(20)9-12-10-23-16(17-12)18-14(19)8-11-6-4-5-7-13(11)21-2/h4-7,10H,3,8-9H2,1-2H3,(H,17,18,19). The SMILES string of the molecule is CCOC(=O)Cc1csc(NC(=O)Cc2ccccc2OC)n1.